The van der Waals surface area contributed by atoms with E-state index in [1.165, 1.54) is 46.4 Å². The highest BCUT2D eigenvalue weighted by Crippen LogP contribution is 2.59. The van der Waals surface area contributed by atoms with E-state index < -0.39 is 7.12 Å². The molecule has 0 saturated carbocycles. The lowest BCUT2D eigenvalue weighted by Crippen LogP contribution is -2.40. The Morgan fingerprint density at radius 1 is 0.759 bits per heavy atom. The van der Waals surface area contributed by atoms with Crippen LogP contribution in [0, 0.1) is 0 Å². The standard InChI is InChI=1S/C25H26BNO2/c1-24(2)17-9-6-7-12-21(17)27-22-14-13-16(26(28)29-5)15-20(22)25(3,4)19-11-8-10-18(24)23(19)27/h6-15,28H,1-5H3. The van der Waals surface area contributed by atoms with Gasteiger partial charge in [-0.15, -0.1) is 0 Å². The Bertz CT molecular complexity index is 1140. The van der Waals surface area contributed by atoms with Crippen LogP contribution in [0.25, 0.3) is 0 Å². The lowest BCUT2D eigenvalue weighted by Gasteiger charge is -2.49. The highest BCUT2D eigenvalue weighted by Gasteiger charge is 2.45. The summed E-state index contributed by atoms with van der Waals surface area (Å²) < 4.78 is 5.17. The van der Waals surface area contributed by atoms with Crippen molar-refractivity contribution >= 4 is 29.6 Å². The van der Waals surface area contributed by atoms with Crippen LogP contribution in [-0.4, -0.2) is 19.3 Å². The van der Waals surface area contributed by atoms with Crippen LogP contribution in [0.3, 0.4) is 0 Å². The van der Waals surface area contributed by atoms with Crippen LogP contribution in [0.15, 0.2) is 60.7 Å². The van der Waals surface area contributed by atoms with Crippen LogP contribution in [0.1, 0.15) is 49.9 Å². The van der Waals surface area contributed by atoms with E-state index in [0.717, 1.165) is 5.46 Å². The quantitative estimate of drug-likeness (QED) is 0.647. The van der Waals surface area contributed by atoms with Crippen LogP contribution in [0.4, 0.5) is 17.1 Å². The molecule has 0 unspecified atom stereocenters. The van der Waals surface area contributed by atoms with Crippen molar-refractivity contribution in [2.45, 2.75) is 38.5 Å². The van der Waals surface area contributed by atoms with Gasteiger partial charge in [-0.3, -0.25) is 0 Å². The third kappa shape index (κ3) is 2.33. The summed E-state index contributed by atoms with van der Waals surface area (Å²) in [5.74, 6) is 0. The molecule has 3 aromatic rings. The van der Waals surface area contributed by atoms with E-state index in [2.05, 4.69) is 87.2 Å². The molecular weight excluding hydrogens is 357 g/mol. The summed E-state index contributed by atoms with van der Waals surface area (Å²) in [5.41, 5.74) is 9.42. The molecule has 3 aromatic carbocycles. The number of fused-ring (bicyclic) bond motifs is 4. The Morgan fingerprint density at radius 3 is 2.03 bits per heavy atom. The van der Waals surface area contributed by atoms with Gasteiger partial charge in [0.05, 0.1) is 17.1 Å². The van der Waals surface area contributed by atoms with Gasteiger partial charge in [-0.05, 0) is 39.8 Å². The maximum absolute atomic E-state index is 10.3. The zero-order chi connectivity index (χ0) is 20.6. The van der Waals surface area contributed by atoms with E-state index >= 15 is 0 Å². The van der Waals surface area contributed by atoms with Crippen molar-refractivity contribution in [1.82, 2.24) is 0 Å². The van der Waals surface area contributed by atoms with E-state index in [1.807, 2.05) is 6.07 Å². The Hall–Kier alpha value is -2.56. The molecule has 3 nitrogen and oxygen atoms in total. The van der Waals surface area contributed by atoms with Gasteiger partial charge in [0.1, 0.15) is 0 Å². The molecule has 0 aromatic heterocycles. The normalized spacial score (nSPS) is 17.2. The van der Waals surface area contributed by atoms with Gasteiger partial charge in [0.2, 0.25) is 0 Å². The molecule has 0 saturated heterocycles. The number of anilines is 3. The number of nitrogens with zero attached hydrogens (tertiary/aromatic N) is 1. The molecule has 146 valence electrons. The maximum Gasteiger partial charge on any atom is 0.490 e. The molecule has 1 N–H and O–H groups in total. The molecule has 0 bridgehead atoms. The van der Waals surface area contributed by atoms with E-state index in [1.54, 1.807) is 0 Å². The molecule has 0 amide bonds. The Labute approximate surface area is 173 Å². The summed E-state index contributed by atoms with van der Waals surface area (Å²) in [6.45, 7) is 9.18. The van der Waals surface area contributed by atoms with E-state index in [0.29, 0.717) is 0 Å². The smallest absolute Gasteiger partial charge is 0.423 e. The first-order valence-electron chi connectivity index (χ1n) is 10.2. The number of hydrogen-bond acceptors (Lipinski definition) is 3. The van der Waals surface area contributed by atoms with Gasteiger partial charge in [-0.2, -0.15) is 0 Å². The van der Waals surface area contributed by atoms with Gasteiger partial charge in [0.15, 0.2) is 0 Å². The monoisotopic (exact) mass is 383 g/mol. The number of rotatable bonds is 2. The summed E-state index contributed by atoms with van der Waals surface area (Å²) >= 11 is 0. The fraction of sp³-hybridized carbons (Fsp3) is 0.280. The van der Waals surface area contributed by atoms with Gasteiger partial charge in [0.25, 0.3) is 0 Å². The first-order chi connectivity index (χ1) is 13.8. The average Bonchev–Trinajstić information content (AvgIpc) is 2.72. The lowest BCUT2D eigenvalue weighted by molar-refractivity contribution is 0.341. The van der Waals surface area contributed by atoms with Crippen LogP contribution in [0.5, 0.6) is 0 Å². The SMILES string of the molecule is COB(O)c1ccc2c(c1)C(C)(C)c1cccc3c1N2c1ccccc1C3(C)C. The molecule has 2 heterocycles. The van der Waals surface area contributed by atoms with E-state index in [4.69, 9.17) is 4.65 Å². The largest absolute Gasteiger partial charge is 0.490 e. The van der Waals surface area contributed by atoms with Crippen molar-refractivity contribution in [2.24, 2.45) is 0 Å². The molecule has 0 radical (unpaired) electrons. The molecule has 4 heteroatoms. The van der Waals surface area contributed by atoms with Gasteiger partial charge in [0, 0.05) is 17.9 Å². The van der Waals surface area contributed by atoms with Gasteiger partial charge >= 0.3 is 7.12 Å². The number of para-hydroxylation sites is 2. The van der Waals surface area contributed by atoms with Crippen LogP contribution < -0.4 is 10.4 Å². The van der Waals surface area contributed by atoms with Crippen LogP contribution in [0.2, 0.25) is 0 Å². The average molecular weight is 383 g/mol. The van der Waals surface area contributed by atoms with Gasteiger partial charge in [-0.1, -0.05) is 76.2 Å². The van der Waals surface area contributed by atoms with E-state index in [-0.39, 0.29) is 10.8 Å². The minimum atomic E-state index is -0.920. The first kappa shape index (κ1) is 18.5. The first-order valence-corrected chi connectivity index (χ1v) is 10.2. The summed E-state index contributed by atoms with van der Waals surface area (Å²) in [4.78, 5) is 2.41. The minimum absolute atomic E-state index is 0.0712. The second kappa shape index (κ2) is 5.98. The fourth-order valence-electron chi connectivity index (χ4n) is 5.19. The molecular formula is C25H26BNO2. The Kier molecular flexibility index (Phi) is 3.81. The molecule has 5 rings (SSSR count). The van der Waals surface area contributed by atoms with Gasteiger partial charge < -0.3 is 14.6 Å². The van der Waals surface area contributed by atoms with Crippen LogP contribution >= 0.6 is 0 Å². The van der Waals surface area contributed by atoms with Gasteiger partial charge in [-0.25, -0.2) is 0 Å². The predicted molar refractivity (Wildman–Crippen MR) is 120 cm³/mol. The molecule has 0 spiro atoms. The second-order valence-electron chi connectivity index (χ2n) is 9.17. The van der Waals surface area contributed by atoms with Crippen molar-refractivity contribution in [1.29, 1.82) is 0 Å². The Morgan fingerprint density at radius 2 is 1.34 bits per heavy atom. The molecule has 29 heavy (non-hydrogen) atoms. The third-order valence-electron chi connectivity index (χ3n) is 6.87. The molecule has 0 fully saturated rings. The molecule has 0 aliphatic carbocycles. The third-order valence-corrected chi connectivity index (χ3v) is 6.87. The Balaban J connectivity index is 1.87. The summed E-state index contributed by atoms with van der Waals surface area (Å²) in [6.07, 6.45) is 0. The highest BCUT2D eigenvalue weighted by molar-refractivity contribution is 6.60. The number of hydrogen-bond donors (Lipinski definition) is 1. The van der Waals surface area contributed by atoms with Crippen molar-refractivity contribution in [3.05, 3.63) is 82.9 Å². The number of benzene rings is 3. The maximum atomic E-state index is 10.3. The minimum Gasteiger partial charge on any atom is -0.423 e. The van der Waals surface area contributed by atoms with Crippen molar-refractivity contribution in [2.75, 3.05) is 12.0 Å². The van der Waals surface area contributed by atoms with Crippen molar-refractivity contribution < 1.29 is 9.68 Å². The summed E-state index contributed by atoms with van der Waals surface area (Å²) in [6, 6.07) is 21.6. The van der Waals surface area contributed by atoms with Crippen molar-refractivity contribution in [3.63, 3.8) is 0 Å². The zero-order valence-corrected chi connectivity index (χ0v) is 17.7. The highest BCUT2D eigenvalue weighted by atomic mass is 16.5. The molecule has 0 atom stereocenters. The topological polar surface area (TPSA) is 32.7 Å². The fourth-order valence-corrected chi connectivity index (χ4v) is 5.19. The predicted octanol–water partition coefficient (Wildman–Crippen LogP) is 4.77. The molecule has 2 aliphatic heterocycles. The summed E-state index contributed by atoms with van der Waals surface area (Å²) in [5, 5.41) is 10.3. The second-order valence-corrected chi connectivity index (χ2v) is 9.17. The van der Waals surface area contributed by atoms with E-state index in [9.17, 15) is 5.02 Å². The van der Waals surface area contributed by atoms with Crippen molar-refractivity contribution in [3.8, 4) is 0 Å². The molecule has 2 aliphatic rings. The summed E-state index contributed by atoms with van der Waals surface area (Å²) in [7, 11) is 0.608. The van der Waals surface area contributed by atoms with Crippen LogP contribution in [-0.2, 0) is 15.5 Å². The lowest BCUT2D eigenvalue weighted by atomic mass is 9.65. The zero-order valence-electron chi connectivity index (χ0n) is 17.7.